The van der Waals surface area contributed by atoms with Crippen LogP contribution in [0.2, 0.25) is 0 Å². The van der Waals surface area contributed by atoms with Gasteiger partial charge in [0, 0.05) is 11.0 Å². The summed E-state index contributed by atoms with van der Waals surface area (Å²) >= 11 is 43.9. The minimum Gasteiger partial charge on any atom is -0.295 e. The Morgan fingerprint density at radius 1 is 1.21 bits per heavy atom. The minimum atomic E-state index is -1.62. The van der Waals surface area contributed by atoms with Crippen LogP contribution in [0.3, 0.4) is 0 Å². The van der Waals surface area contributed by atoms with Crippen LogP contribution in [0.15, 0.2) is 21.2 Å². The summed E-state index contributed by atoms with van der Waals surface area (Å²) in [4.78, 5) is 8.38. The normalized spacial score (nSPS) is 41.1. The fourth-order valence-electron chi connectivity index (χ4n) is 2.49. The molecule has 0 radical (unpaired) electrons. The molecule has 8 heteroatoms. The van der Waals surface area contributed by atoms with E-state index >= 15 is 0 Å². The summed E-state index contributed by atoms with van der Waals surface area (Å²) in [7, 11) is 0. The molecule has 0 aromatic carbocycles. The van der Waals surface area contributed by atoms with Gasteiger partial charge >= 0.3 is 0 Å². The molecular weight excluding hydrogens is 396 g/mol. The molecule has 1 nitrogen and oxygen atoms in total. The maximum Gasteiger partial charge on any atom is 0.166 e. The van der Waals surface area contributed by atoms with Crippen molar-refractivity contribution in [2.75, 3.05) is 0 Å². The van der Waals surface area contributed by atoms with E-state index in [1.165, 1.54) is 13.0 Å². The molecule has 19 heavy (non-hydrogen) atoms. The van der Waals surface area contributed by atoms with Gasteiger partial charge in [0.25, 0.3) is 0 Å². The van der Waals surface area contributed by atoms with Gasteiger partial charge in [0.2, 0.25) is 0 Å². The molecule has 0 heterocycles. The summed E-state index contributed by atoms with van der Waals surface area (Å²) < 4.78 is -1.62. The van der Waals surface area contributed by atoms with E-state index in [4.69, 9.17) is 81.2 Å². The molecule has 0 saturated heterocycles. The van der Waals surface area contributed by atoms with Crippen molar-refractivity contribution in [2.24, 2.45) is 5.92 Å². The first-order valence-corrected chi connectivity index (χ1v) is 7.84. The zero-order valence-corrected chi connectivity index (χ0v) is 14.7. The van der Waals surface area contributed by atoms with Gasteiger partial charge < -0.3 is 0 Å². The Hall–Kier alpha value is 1.18. The summed E-state index contributed by atoms with van der Waals surface area (Å²) in [5.41, 5.74) is 0. The molecule has 1 fully saturated rings. The van der Waals surface area contributed by atoms with Crippen molar-refractivity contribution in [3.05, 3.63) is 21.2 Å². The zero-order valence-electron chi connectivity index (χ0n) is 9.42. The lowest BCUT2D eigenvalue weighted by Crippen LogP contribution is -2.44. The molecule has 0 spiro atoms. The molecule has 106 valence electrons. The summed E-state index contributed by atoms with van der Waals surface area (Å²) in [6, 6.07) is 0. The number of rotatable bonds is 2. The van der Waals surface area contributed by atoms with Gasteiger partial charge in [0.1, 0.15) is 9.75 Å². The van der Waals surface area contributed by atoms with Crippen LogP contribution in [0.25, 0.3) is 0 Å². The first-order chi connectivity index (χ1) is 8.50. The quantitative estimate of drug-likeness (QED) is 0.437. The van der Waals surface area contributed by atoms with Gasteiger partial charge in [0.05, 0.1) is 10.1 Å². The second kappa shape index (κ2) is 4.84. The molecule has 2 rings (SSSR count). The second-order valence-corrected chi connectivity index (χ2v) is 8.37. The van der Waals surface area contributed by atoms with Crippen LogP contribution in [0.4, 0.5) is 0 Å². The van der Waals surface area contributed by atoms with Gasteiger partial charge in [-0.1, -0.05) is 58.0 Å². The van der Waals surface area contributed by atoms with Crippen molar-refractivity contribution in [3.63, 3.8) is 0 Å². The number of allylic oxidation sites excluding steroid dienone is 4. The van der Waals surface area contributed by atoms with E-state index in [0.29, 0.717) is 0 Å². The van der Waals surface area contributed by atoms with Gasteiger partial charge in [-0.2, -0.15) is 0 Å². The number of fused-ring (bicyclic) bond motifs is 2. The molecule has 0 unspecified atom stereocenters. The van der Waals surface area contributed by atoms with Crippen molar-refractivity contribution in [1.29, 1.82) is 0 Å². The fourth-order valence-corrected chi connectivity index (χ4v) is 5.73. The van der Waals surface area contributed by atoms with Crippen molar-refractivity contribution in [1.82, 2.24) is 0 Å². The molecule has 3 atom stereocenters. The summed E-state index contributed by atoms with van der Waals surface area (Å²) in [5.74, 6) is -0.806. The average molecular weight is 403 g/mol. The Morgan fingerprint density at radius 3 is 2.11 bits per heavy atom. The van der Waals surface area contributed by atoms with E-state index in [1.54, 1.807) is 0 Å². The molecular formula is C11H7Cl7O. The second-order valence-electron chi connectivity index (χ2n) is 4.61. The molecule has 0 N–H and O–H groups in total. The van der Waals surface area contributed by atoms with Gasteiger partial charge in [-0.25, -0.2) is 0 Å². The van der Waals surface area contributed by atoms with Crippen LogP contribution < -0.4 is 0 Å². The molecule has 0 amide bonds. The van der Waals surface area contributed by atoms with Gasteiger partial charge in [-0.05, 0) is 19.4 Å². The van der Waals surface area contributed by atoms with Crippen LogP contribution in [0.1, 0.15) is 13.3 Å². The number of hydrogen-bond donors (Lipinski definition) is 0. The predicted octanol–water partition coefficient (Wildman–Crippen LogP) is 5.55. The standard InChI is InChI=1S/C11H7Cl7O/c1-4(19)2-6(12)5-3-9(15)7(13)8(14)10(5,16)11(9,17)18/h2,5H,3H2,1H3/b6-2-/t5-,9-,10+/m1/s1. The first-order valence-electron chi connectivity index (χ1n) is 5.19. The lowest BCUT2D eigenvalue weighted by atomic mass is 9.91. The van der Waals surface area contributed by atoms with Gasteiger partial charge in [0.15, 0.2) is 10.1 Å². The highest BCUT2D eigenvalue weighted by atomic mass is 35.5. The largest absolute Gasteiger partial charge is 0.295 e. The number of hydrogen-bond acceptors (Lipinski definition) is 1. The molecule has 1 saturated carbocycles. The van der Waals surface area contributed by atoms with Crippen molar-refractivity contribution >= 4 is 87.0 Å². The van der Waals surface area contributed by atoms with Crippen LogP contribution in [-0.4, -0.2) is 19.9 Å². The summed E-state index contributed by atoms with van der Waals surface area (Å²) in [6.45, 7) is 1.37. The SMILES string of the molecule is CC(=O)/C=C(\Cl)[C@H]1C[C@@]2(Cl)C(Cl)=C(Cl)[C@]1(Cl)C2(Cl)Cl. The Labute approximate surface area is 145 Å². The summed E-state index contributed by atoms with van der Waals surface area (Å²) in [6.07, 6.45) is 1.45. The Bertz CT molecular complexity index is 523. The third kappa shape index (κ3) is 1.93. The minimum absolute atomic E-state index is 0.0715. The number of carbonyl (C=O) groups excluding carboxylic acids is 1. The van der Waals surface area contributed by atoms with Gasteiger partial charge in [-0.15, -0.1) is 23.2 Å². The number of carbonyl (C=O) groups is 1. The molecule has 2 aliphatic carbocycles. The highest BCUT2D eigenvalue weighted by molar-refractivity contribution is 6.65. The van der Waals surface area contributed by atoms with E-state index < -0.39 is 20.0 Å². The lowest BCUT2D eigenvalue weighted by molar-refractivity contribution is -0.112. The van der Waals surface area contributed by atoms with Crippen LogP contribution >= 0.6 is 81.2 Å². The Morgan fingerprint density at radius 2 is 1.74 bits per heavy atom. The number of alkyl halides is 4. The van der Waals surface area contributed by atoms with Crippen molar-refractivity contribution < 1.29 is 4.79 Å². The van der Waals surface area contributed by atoms with Gasteiger partial charge in [-0.3, -0.25) is 4.79 Å². The van der Waals surface area contributed by atoms with E-state index in [0.717, 1.165) is 0 Å². The zero-order chi connectivity index (χ0) is 14.8. The fraction of sp³-hybridized carbons (Fsp3) is 0.545. The smallest absolute Gasteiger partial charge is 0.166 e. The van der Waals surface area contributed by atoms with Crippen molar-refractivity contribution in [3.8, 4) is 0 Å². The highest BCUT2D eigenvalue weighted by Crippen LogP contribution is 2.75. The average Bonchev–Trinajstić information content (AvgIpc) is 2.50. The van der Waals surface area contributed by atoms with Crippen molar-refractivity contribution in [2.45, 2.75) is 27.4 Å². The highest BCUT2D eigenvalue weighted by Gasteiger charge is 2.78. The predicted molar refractivity (Wildman–Crippen MR) is 83.1 cm³/mol. The Balaban J connectivity index is 2.60. The van der Waals surface area contributed by atoms with Crippen LogP contribution in [0, 0.1) is 5.92 Å². The third-order valence-electron chi connectivity index (χ3n) is 3.45. The molecule has 2 bridgehead atoms. The topological polar surface area (TPSA) is 17.1 Å². The molecule has 0 aromatic rings. The summed E-state index contributed by atoms with van der Waals surface area (Å²) in [5, 5.41) is 0.402. The van der Waals surface area contributed by atoms with E-state index in [-0.39, 0.29) is 27.3 Å². The molecule has 2 aliphatic rings. The maximum atomic E-state index is 11.1. The number of halogens is 7. The monoisotopic (exact) mass is 400 g/mol. The molecule has 0 aromatic heterocycles. The van der Waals surface area contributed by atoms with E-state index in [9.17, 15) is 4.79 Å². The first kappa shape index (κ1) is 16.5. The number of ketones is 1. The van der Waals surface area contributed by atoms with E-state index in [2.05, 4.69) is 0 Å². The van der Waals surface area contributed by atoms with E-state index in [1.807, 2.05) is 0 Å². The van der Waals surface area contributed by atoms with Crippen LogP contribution in [-0.2, 0) is 4.79 Å². The maximum absolute atomic E-state index is 11.1. The van der Waals surface area contributed by atoms with Crippen LogP contribution in [0.5, 0.6) is 0 Å². The lowest BCUT2D eigenvalue weighted by Gasteiger charge is -2.33. The third-order valence-corrected chi connectivity index (χ3v) is 8.11. The Kier molecular flexibility index (Phi) is 4.22. The molecule has 0 aliphatic heterocycles.